The monoisotopic (exact) mass is 482 g/mol. The van der Waals surface area contributed by atoms with Gasteiger partial charge in [0, 0.05) is 5.56 Å². The van der Waals surface area contributed by atoms with Gasteiger partial charge in [-0.3, -0.25) is 4.79 Å². The van der Waals surface area contributed by atoms with Gasteiger partial charge in [0.05, 0.1) is 6.21 Å². The third kappa shape index (κ3) is 4.08. The molecule has 0 aliphatic heterocycles. The number of alkyl halides is 13. The predicted molar refractivity (Wildman–Crippen MR) is 74.6 cm³/mol. The minimum atomic E-state index is -8.11. The number of rotatable bonds is 7. The van der Waals surface area contributed by atoms with E-state index in [9.17, 15) is 67.0 Å². The molecule has 17 heteroatoms. The molecule has 31 heavy (non-hydrogen) atoms. The molecule has 0 aromatic heterocycles. The number of nitrogens with zero attached hydrogens (tertiary/aromatic N) is 1. The number of benzene rings is 1. The number of para-hydroxylation sites is 1. The number of carbonyl (C=O) groups excluding carboxylic acids is 1. The molecule has 0 bridgehead atoms. The number of phenols is 1. The first-order valence-electron chi connectivity index (χ1n) is 7.23. The van der Waals surface area contributed by atoms with Gasteiger partial charge in [-0.2, -0.15) is 62.2 Å². The average molecular weight is 482 g/mol. The van der Waals surface area contributed by atoms with Crippen molar-refractivity contribution in [1.29, 1.82) is 0 Å². The molecular weight excluding hydrogens is 475 g/mol. The number of carbonyl (C=O) groups is 1. The summed E-state index contributed by atoms with van der Waals surface area (Å²) in [7, 11) is 0. The number of amides is 1. The van der Waals surface area contributed by atoms with Crippen molar-refractivity contribution in [2.45, 2.75) is 35.8 Å². The quantitative estimate of drug-likeness (QED) is 0.340. The Morgan fingerprint density at radius 1 is 0.774 bits per heavy atom. The zero-order valence-corrected chi connectivity index (χ0v) is 14.1. The molecule has 0 spiro atoms. The Morgan fingerprint density at radius 3 is 1.68 bits per heavy atom. The van der Waals surface area contributed by atoms with Gasteiger partial charge in [0.15, 0.2) is 0 Å². The Kier molecular flexibility index (Phi) is 6.56. The Labute approximate surface area is 162 Å². The van der Waals surface area contributed by atoms with E-state index < -0.39 is 47.4 Å². The largest absolute Gasteiger partial charge is 0.507 e. The maximum absolute atomic E-state index is 13.5. The van der Waals surface area contributed by atoms with Crippen molar-refractivity contribution in [3.63, 3.8) is 0 Å². The number of aromatic hydroxyl groups is 1. The van der Waals surface area contributed by atoms with E-state index in [4.69, 9.17) is 0 Å². The molecule has 4 nitrogen and oxygen atoms in total. The first-order chi connectivity index (χ1) is 13.7. The molecular formula is C14H7F13N2O2. The molecule has 1 rings (SSSR count). The molecule has 1 amide bonds. The summed E-state index contributed by atoms with van der Waals surface area (Å²) in [5.41, 5.74) is 0.137. The van der Waals surface area contributed by atoms with Gasteiger partial charge >= 0.3 is 41.7 Å². The highest BCUT2D eigenvalue weighted by molar-refractivity contribution is 5.88. The lowest BCUT2D eigenvalue weighted by atomic mass is 9.93. The van der Waals surface area contributed by atoms with Crippen molar-refractivity contribution in [3.05, 3.63) is 29.8 Å². The highest BCUT2D eigenvalue weighted by Crippen LogP contribution is 2.60. The third-order valence-electron chi connectivity index (χ3n) is 3.53. The predicted octanol–water partition coefficient (Wildman–Crippen LogP) is 4.58. The lowest BCUT2D eigenvalue weighted by Gasteiger charge is -2.38. The highest BCUT2D eigenvalue weighted by Gasteiger charge is 2.91. The van der Waals surface area contributed by atoms with Crippen LogP contribution in [-0.2, 0) is 4.79 Å². The van der Waals surface area contributed by atoms with Crippen LogP contribution in [0.15, 0.2) is 29.4 Å². The summed E-state index contributed by atoms with van der Waals surface area (Å²) in [5.74, 6) is -43.0. The van der Waals surface area contributed by atoms with Crippen LogP contribution in [0.25, 0.3) is 0 Å². The fraction of sp³-hybridized carbons (Fsp3) is 0.429. The van der Waals surface area contributed by atoms with Crippen LogP contribution >= 0.6 is 0 Å². The molecule has 0 unspecified atom stereocenters. The maximum atomic E-state index is 13.5. The number of hydrogen-bond acceptors (Lipinski definition) is 3. The van der Waals surface area contributed by atoms with Crippen LogP contribution in [-0.4, -0.2) is 53.0 Å². The molecule has 1 aromatic rings. The van der Waals surface area contributed by atoms with Gasteiger partial charge in [0.25, 0.3) is 0 Å². The van der Waals surface area contributed by atoms with Crippen LogP contribution in [0.5, 0.6) is 5.75 Å². The normalized spacial score (nSPS) is 14.7. The molecule has 0 atom stereocenters. The van der Waals surface area contributed by atoms with Crippen LogP contribution in [0.2, 0.25) is 0 Å². The van der Waals surface area contributed by atoms with E-state index in [1.807, 2.05) is 0 Å². The van der Waals surface area contributed by atoms with Crippen molar-refractivity contribution in [3.8, 4) is 5.75 Å². The molecule has 1 aromatic carbocycles. The zero-order valence-electron chi connectivity index (χ0n) is 14.1. The molecule has 0 fully saturated rings. The molecule has 176 valence electrons. The molecule has 0 saturated carbocycles. The SMILES string of the molecule is O=C(N/N=C\c1ccccc1O)C(F)(F)C(F)(F)C(F)(F)C(F)(F)C(F)(F)C(F)(F)F. The molecule has 0 aliphatic carbocycles. The summed E-state index contributed by atoms with van der Waals surface area (Å²) in [5, 5.41) is 11.8. The summed E-state index contributed by atoms with van der Waals surface area (Å²) < 4.78 is 168. The standard InChI is InChI=1S/C14H7F13N2O2/c15-9(16,8(31)29-28-5-6-3-1-2-4-7(6)30)10(17,18)11(19,20)12(21,22)13(23,24)14(25,26)27/h1-5,30H,(H,29,31)/b28-5-. The van der Waals surface area contributed by atoms with Gasteiger partial charge in [-0.05, 0) is 12.1 Å². The van der Waals surface area contributed by atoms with Gasteiger partial charge in [-0.25, -0.2) is 5.43 Å². The summed E-state index contributed by atoms with van der Waals surface area (Å²) in [6, 6.07) is 4.43. The van der Waals surface area contributed by atoms with Crippen LogP contribution in [0.1, 0.15) is 5.56 Å². The Bertz CT molecular complexity index is 849. The van der Waals surface area contributed by atoms with Crippen molar-refractivity contribution in [1.82, 2.24) is 5.43 Å². The molecule has 0 saturated heterocycles. The van der Waals surface area contributed by atoms with E-state index in [2.05, 4.69) is 5.10 Å². The average Bonchev–Trinajstić information content (AvgIpc) is 2.61. The first-order valence-corrected chi connectivity index (χ1v) is 7.23. The third-order valence-corrected chi connectivity index (χ3v) is 3.53. The first kappa shape index (κ1) is 26.3. The highest BCUT2D eigenvalue weighted by atomic mass is 19.4. The van der Waals surface area contributed by atoms with E-state index in [-0.39, 0.29) is 5.56 Å². The van der Waals surface area contributed by atoms with Gasteiger partial charge in [-0.15, -0.1) is 0 Å². The number of hydrazone groups is 1. The summed E-state index contributed by atoms with van der Waals surface area (Å²) in [4.78, 5) is 11.1. The van der Waals surface area contributed by atoms with E-state index in [1.54, 1.807) is 0 Å². The fourth-order valence-corrected chi connectivity index (χ4v) is 1.74. The molecule has 0 aliphatic rings. The van der Waals surface area contributed by atoms with Crippen LogP contribution in [0, 0.1) is 0 Å². The van der Waals surface area contributed by atoms with Crippen molar-refractivity contribution in [2.75, 3.05) is 0 Å². The number of phenolic OH excluding ortho intramolecular Hbond substituents is 1. The summed E-state index contributed by atoms with van der Waals surface area (Å²) in [6.45, 7) is 0. The van der Waals surface area contributed by atoms with Crippen LogP contribution in [0.3, 0.4) is 0 Å². The second-order valence-electron chi connectivity index (χ2n) is 5.63. The van der Waals surface area contributed by atoms with Crippen molar-refractivity contribution in [2.24, 2.45) is 5.10 Å². The zero-order chi connectivity index (χ0) is 24.7. The minimum absolute atomic E-state index is 0.298. The fourth-order valence-electron chi connectivity index (χ4n) is 1.74. The number of nitrogens with one attached hydrogen (secondary N) is 1. The lowest BCUT2D eigenvalue weighted by Crippen LogP contribution is -2.71. The molecule has 0 heterocycles. The second-order valence-corrected chi connectivity index (χ2v) is 5.63. The smallest absolute Gasteiger partial charge is 0.460 e. The number of hydrogen-bond donors (Lipinski definition) is 2. The molecule has 2 N–H and O–H groups in total. The van der Waals surface area contributed by atoms with E-state index >= 15 is 0 Å². The van der Waals surface area contributed by atoms with Crippen LogP contribution < -0.4 is 5.43 Å². The van der Waals surface area contributed by atoms with Crippen LogP contribution in [0.4, 0.5) is 57.1 Å². The van der Waals surface area contributed by atoms with E-state index in [0.29, 0.717) is 11.6 Å². The van der Waals surface area contributed by atoms with Gasteiger partial charge in [0.2, 0.25) is 0 Å². The van der Waals surface area contributed by atoms with Crippen molar-refractivity contribution < 1.29 is 67.0 Å². The van der Waals surface area contributed by atoms with Gasteiger partial charge in [-0.1, -0.05) is 12.1 Å². The van der Waals surface area contributed by atoms with Gasteiger partial charge in [0.1, 0.15) is 5.75 Å². The van der Waals surface area contributed by atoms with Gasteiger partial charge < -0.3 is 5.11 Å². The van der Waals surface area contributed by atoms with Crippen molar-refractivity contribution >= 4 is 12.1 Å². The Morgan fingerprint density at radius 2 is 1.23 bits per heavy atom. The topological polar surface area (TPSA) is 61.7 Å². The number of halogens is 13. The Balaban J connectivity index is 3.26. The Hall–Kier alpha value is -2.75. The molecule has 0 radical (unpaired) electrons. The van der Waals surface area contributed by atoms with E-state index in [0.717, 1.165) is 12.1 Å². The maximum Gasteiger partial charge on any atom is 0.460 e. The van der Waals surface area contributed by atoms with E-state index in [1.165, 1.54) is 12.1 Å². The lowest BCUT2D eigenvalue weighted by molar-refractivity contribution is -0.436. The summed E-state index contributed by atoms with van der Waals surface area (Å²) >= 11 is 0. The minimum Gasteiger partial charge on any atom is -0.507 e. The summed E-state index contributed by atoms with van der Waals surface area (Å²) in [6.07, 6.45) is -7.25. The second kappa shape index (κ2) is 7.74.